The van der Waals surface area contributed by atoms with Crippen molar-refractivity contribution in [2.75, 3.05) is 0 Å². The molecule has 0 radical (unpaired) electrons. The predicted octanol–water partition coefficient (Wildman–Crippen LogP) is 5.24. The third-order valence-corrected chi connectivity index (χ3v) is 7.85. The Balaban J connectivity index is 1.33. The highest BCUT2D eigenvalue weighted by Gasteiger charge is 2.26. The minimum absolute atomic E-state index is 0.0372. The van der Waals surface area contributed by atoms with Gasteiger partial charge < -0.3 is 9.52 Å². The number of aliphatic carboxylic acids is 1. The van der Waals surface area contributed by atoms with Gasteiger partial charge in [0, 0.05) is 23.4 Å². The lowest BCUT2D eigenvalue weighted by Gasteiger charge is -2.15. The van der Waals surface area contributed by atoms with Crippen LogP contribution < -0.4 is 4.72 Å². The van der Waals surface area contributed by atoms with E-state index in [1.807, 2.05) is 18.2 Å². The van der Waals surface area contributed by atoms with Crippen LogP contribution in [0, 0.1) is 0 Å². The maximum absolute atomic E-state index is 12.9. The Morgan fingerprint density at radius 3 is 2.55 bits per heavy atom. The number of furan rings is 1. The van der Waals surface area contributed by atoms with Gasteiger partial charge in [-0.3, -0.25) is 4.79 Å². The molecule has 1 heterocycles. The Morgan fingerprint density at radius 2 is 1.76 bits per heavy atom. The molecule has 0 aliphatic heterocycles. The first-order chi connectivity index (χ1) is 15.9. The molecule has 2 N–H and O–H groups in total. The van der Waals surface area contributed by atoms with Crippen molar-refractivity contribution >= 4 is 27.0 Å². The van der Waals surface area contributed by atoms with Crippen molar-refractivity contribution in [3.8, 4) is 0 Å². The van der Waals surface area contributed by atoms with E-state index >= 15 is 0 Å². The predicted molar refractivity (Wildman–Crippen MR) is 128 cm³/mol. The van der Waals surface area contributed by atoms with Gasteiger partial charge in [-0.2, -0.15) is 4.72 Å². The van der Waals surface area contributed by atoms with Crippen molar-refractivity contribution in [1.29, 1.82) is 0 Å². The number of carbonyl (C=O) groups is 1. The second kappa shape index (κ2) is 10.5. The number of benzene rings is 2. The first-order valence-electron chi connectivity index (χ1n) is 11.8. The van der Waals surface area contributed by atoms with Crippen molar-refractivity contribution in [2.24, 2.45) is 0 Å². The van der Waals surface area contributed by atoms with Crippen molar-refractivity contribution in [1.82, 2.24) is 4.72 Å². The van der Waals surface area contributed by atoms with Gasteiger partial charge in [-0.1, -0.05) is 49.6 Å². The molecule has 0 fully saturated rings. The molecule has 176 valence electrons. The van der Waals surface area contributed by atoms with Crippen LogP contribution in [0.4, 0.5) is 0 Å². The van der Waals surface area contributed by atoms with Gasteiger partial charge in [-0.05, 0) is 56.2 Å². The molecule has 1 aliphatic rings. The van der Waals surface area contributed by atoms with E-state index in [-0.39, 0.29) is 11.3 Å². The summed E-state index contributed by atoms with van der Waals surface area (Å²) in [6.45, 7) is 0. The fraction of sp³-hybridized carbons (Fsp3) is 0.423. The molecule has 0 saturated carbocycles. The quantitative estimate of drug-likeness (QED) is 0.375. The summed E-state index contributed by atoms with van der Waals surface area (Å²) in [5, 5.41) is 10.5. The van der Waals surface area contributed by atoms with Gasteiger partial charge in [0.1, 0.15) is 17.4 Å². The van der Waals surface area contributed by atoms with Crippen molar-refractivity contribution in [3.05, 3.63) is 65.4 Å². The molecular formula is C26H31NO5S. The van der Waals surface area contributed by atoms with E-state index in [2.05, 4.69) is 16.9 Å². The second-order valence-corrected chi connectivity index (χ2v) is 10.5. The molecule has 3 aromatic rings. The summed E-state index contributed by atoms with van der Waals surface area (Å²) in [4.78, 5) is 11.8. The minimum atomic E-state index is -3.97. The number of aryl methyl sites for hydroxylation is 3. The Labute approximate surface area is 195 Å². The van der Waals surface area contributed by atoms with Crippen molar-refractivity contribution in [2.45, 2.75) is 75.1 Å². The van der Waals surface area contributed by atoms with Gasteiger partial charge in [-0.15, -0.1) is 0 Å². The van der Waals surface area contributed by atoms with Gasteiger partial charge in [0.15, 0.2) is 0 Å². The molecule has 0 amide bonds. The van der Waals surface area contributed by atoms with Gasteiger partial charge >= 0.3 is 5.97 Å². The number of sulfonamides is 1. The summed E-state index contributed by atoms with van der Waals surface area (Å²) in [6, 6.07) is 13.9. The third-order valence-electron chi connectivity index (χ3n) is 6.39. The molecular weight excluding hydrogens is 438 g/mol. The zero-order chi connectivity index (χ0) is 23.3. The number of hydrogen-bond donors (Lipinski definition) is 2. The average Bonchev–Trinajstić information content (AvgIpc) is 3.19. The highest BCUT2D eigenvalue weighted by molar-refractivity contribution is 7.89. The van der Waals surface area contributed by atoms with E-state index in [4.69, 9.17) is 4.42 Å². The monoisotopic (exact) mass is 469 g/mol. The lowest BCUT2D eigenvalue weighted by Crippen LogP contribution is -2.40. The molecule has 0 saturated heterocycles. The highest BCUT2D eigenvalue weighted by atomic mass is 32.2. The first kappa shape index (κ1) is 23.5. The van der Waals surface area contributed by atoms with Gasteiger partial charge in [-0.25, -0.2) is 8.42 Å². The third kappa shape index (κ3) is 5.84. The highest BCUT2D eigenvalue weighted by Crippen LogP contribution is 2.33. The fourth-order valence-electron chi connectivity index (χ4n) is 4.58. The normalized spacial score (nSPS) is 14.8. The standard InChI is InChI=1S/C26H31NO5S/c28-26(29)23(14-7-2-1-4-10-19-11-5-3-6-12-19)27-33(30,31)20-16-17-22-21-13-8-9-15-24(21)32-25(22)18-20/h3,5-6,11-12,16-18,23,27H,1-2,4,7-10,13-15H2,(H,28,29)/t23-/m1/s1. The molecule has 1 atom stereocenters. The smallest absolute Gasteiger partial charge is 0.321 e. The maximum Gasteiger partial charge on any atom is 0.321 e. The van der Waals surface area contributed by atoms with Crippen LogP contribution in [0.5, 0.6) is 0 Å². The number of rotatable bonds is 11. The van der Waals surface area contributed by atoms with Crippen LogP contribution in [-0.4, -0.2) is 25.5 Å². The molecule has 0 unspecified atom stereocenters. The average molecular weight is 470 g/mol. The number of carboxylic acid groups (broad SMARTS) is 1. The largest absolute Gasteiger partial charge is 0.480 e. The van der Waals surface area contributed by atoms with Crippen LogP contribution in [-0.2, 0) is 34.1 Å². The van der Waals surface area contributed by atoms with E-state index in [0.717, 1.165) is 62.5 Å². The van der Waals surface area contributed by atoms with Crippen LogP contribution in [0.15, 0.2) is 57.8 Å². The van der Waals surface area contributed by atoms with Crippen molar-refractivity contribution in [3.63, 3.8) is 0 Å². The number of hydrogen-bond acceptors (Lipinski definition) is 4. The Kier molecular flexibility index (Phi) is 7.50. The Bertz CT molecular complexity index is 1200. The van der Waals surface area contributed by atoms with E-state index in [1.165, 1.54) is 23.3 Å². The SMILES string of the molecule is O=C(O)[C@@H](CCCCCCc1ccccc1)NS(=O)(=O)c1ccc2c3c(oc2c1)CCCC3. The lowest BCUT2D eigenvalue weighted by atomic mass is 9.96. The molecule has 7 heteroatoms. The van der Waals surface area contributed by atoms with Crippen LogP contribution >= 0.6 is 0 Å². The molecule has 0 bridgehead atoms. The van der Waals surface area contributed by atoms with Gasteiger partial charge in [0.05, 0.1) is 4.90 Å². The zero-order valence-electron chi connectivity index (χ0n) is 18.8. The van der Waals surface area contributed by atoms with Crippen molar-refractivity contribution < 1.29 is 22.7 Å². The summed E-state index contributed by atoms with van der Waals surface area (Å²) in [6.07, 6.45) is 8.78. The molecule has 1 aliphatic carbocycles. The van der Waals surface area contributed by atoms with Crippen LogP contribution in [0.1, 0.15) is 61.8 Å². The number of fused-ring (bicyclic) bond motifs is 3. The first-order valence-corrected chi connectivity index (χ1v) is 13.3. The zero-order valence-corrected chi connectivity index (χ0v) is 19.6. The molecule has 1 aromatic heterocycles. The maximum atomic E-state index is 12.9. The van der Waals surface area contributed by atoms with Gasteiger partial charge in [0.25, 0.3) is 0 Å². The van der Waals surface area contributed by atoms with E-state index in [0.29, 0.717) is 12.0 Å². The summed E-state index contributed by atoms with van der Waals surface area (Å²) in [5.74, 6) is -0.216. The molecule has 4 rings (SSSR count). The summed E-state index contributed by atoms with van der Waals surface area (Å²) >= 11 is 0. The Morgan fingerprint density at radius 1 is 1.00 bits per heavy atom. The number of nitrogens with one attached hydrogen (secondary N) is 1. The van der Waals surface area contributed by atoms with Gasteiger partial charge in [0.2, 0.25) is 10.0 Å². The second-order valence-electron chi connectivity index (χ2n) is 8.82. The van der Waals surface area contributed by atoms with E-state index in [1.54, 1.807) is 6.07 Å². The van der Waals surface area contributed by atoms with Crippen LogP contribution in [0.2, 0.25) is 0 Å². The summed E-state index contributed by atoms with van der Waals surface area (Å²) in [5.41, 5.74) is 3.02. The van der Waals surface area contributed by atoms with Crippen LogP contribution in [0.3, 0.4) is 0 Å². The van der Waals surface area contributed by atoms with Crippen LogP contribution in [0.25, 0.3) is 11.0 Å². The summed E-state index contributed by atoms with van der Waals surface area (Å²) in [7, 11) is -3.97. The number of carboxylic acids is 1. The Hall–Kier alpha value is -2.64. The lowest BCUT2D eigenvalue weighted by molar-refractivity contribution is -0.139. The number of unbranched alkanes of at least 4 members (excludes halogenated alkanes) is 3. The minimum Gasteiger partial charge on any atom is -0.480 e. The molecule has 33 heavy (non-hydrogen) atoms. The molecule has 0 spiro atoms. The molecule has 6 nitrogen and oxygen atoms in total. The molecule has 2 aromatic carbocycles. The van der Waals surface area contributed by atoms with E-state index in [9.17, 15) is 18.3 Å². The fourth-order valence-corrected chi connectivity index (χ4v) is 5.81. The van der Waals surface area contributed by atoms with E-state index < -0.39 is 22.0 Å². The topological polar surface area (TPSA) is 96.6 Å². The summed E-state index contributed by atoms with van der Waals surface area (Å²) < 4.78 is 34.1.